The van der Waals surface area contributed by atoms with Crippen LogP contribution in [0.5, 0.6) is 0 Å². The normalized spacial score (nSPS) is 14.1. The van der Waals surface area contributed by atoms with E-state index >= 15 is 0 Å². The van der Waals surface area contributed by atoms with Gasteiger partial charge in [-0.25, -0.2) is 4.79 Å². The summed E-state index contributed by atoms with van der Waals surface area (Å²) in [5.74, 6) is 0.549. The van der Waals surface area contributed by atoms with Gasteiger partial charge in [-0.05, 0) is 36.3 Å². The molecule has 0 bridgehead atoms. The minimum Gasteiger partial charge on any atom is -0.478 e. The number of carbonyl (C=O) groups is 1. The first kappa shape index (κ1) is 15.7. The largest absolute Gasteiger partial charge is 0.478 e. The Balaban J connectivity index is 2.54. The van der Waals surface area contributed by atoms with E-state index in [0.29, 0.717) is 11.5 Å². The van der Waals surface area contributed by atoms with Crippen molar-refractivity contribution in [2.75, 3.05) is 0 Å². The molecule has 0 heterocycles. The quantitative estimate of drug-likeness (QED) is 0.732. The molecule has 106 valence electrons. The van der Waals surface area contributed by atoms with E-state index < -0.39 is 5.97 Å². The molecule has 0 amide bonds. The molecule has 0 aliphatic heterocycles. The summed E-state index contributed by atoms with van der Waals surface area (Å²) in [5, 5.41) is 9.16. The van der Waals surface area contributed by atoms with Crippen molar-refractivity contribution >= 4 is 5.97 Å². The molecule has 2 unspecified atom stereocenters. The zero-order valence-electron chi connectivity index (χ0n) is 12.4. The highest BCUT2D eigenvalue weighted by molar-refractivity contribution is 5.89. The van der Waals surface area contributed by atoms with Gasteiger partial charge in [0.2, 0.25) is 0 Å². The number of aromatic carboxylic acids is 1. The molecule has 0 radical (unpaired) electrons. The van der Waals surface area contributed by atoms with Crippen LogP contribution in [0, 0.1) is 11.8 Å². The lowest BCUT2D eigenvalue weighted by Crippen LogP contribution is -2.10. The molecule has 1 N–H and O–H groups in total. The van der Waals surface area contributed by atoms with Gasteiger partial charge in [-0.2, -0.15) is 0 Å². The fourth-order valence-corrected chi connectivity index (χ4v) is 2.43. The molecule has 0 fully saturated rings. The molecule has 0 spiro atoms. The molecule has 19 heavy (non-hydrogen) atoms. The SMILES string of the molecule is CCCCC(C)C(C)CCc1ccccc1C(=O)O. The molecule has 2 heteroatoms. The van der Waals surface area contributed by atoms with Crippen LogP contribution in [0.4, 0.5) is 0 Å². The van der Waals surface area contributed by atoms with E-state index in [1.54, 1.807) is 12.1 Å². The van der Waals surface area contributed by atoms with Gasteiger partial charge < -0.3 is 5.11 Å². The maximum Gasteiger partial charge on any atom is 0.335 e. The van der Waals surface area contributed by atoms with Crippen molar-refractivity contribution in [3.05, 3.63) is 35.4 Å². The molecular weight excluding hydrogens is 236 g/mol. The molecular formula is C17H26O2. The summed E-state index contributed by atoms with van der Waals surface area (Å²) in [7, 11) is 0. The Morgan fingerprint density at radius 3 is 2.42 bits per heavy atom. The summed E-state index contributed by atoms with van der Waals surface area (Å²) in [5.41, 5.74) is 1.42. The standard InChI is InChI=1S/C17H26O2/c1-4-5-8-13(2)14(3)11-12-15-9-6-7-10-16(15)17(18)19/h6-7,9-10,13-14H,4-5,8,11-12H2,1-3H3,(H,18,19). The average Bonchev–Trinajstić information content (AvgIpc) is 2.42. The lowest BCUT2D eigenvalue weighted by Gasteiger charge is -2.20. The molecule has 1 aromatic rings. The third-order valence-electron chi connectivity index (χ3n) is 4.10. The Morgan fingerprint density at radius 1 is 1.16 bits per heavy atom. The van der Waals surface area contributed by atoms with Gasteiger partial charge >= 0.3 is 5.97 Å². The topological polar surface area (TPSA) is 37.3 Å². The van der Waals surface area contributed by atoms with Gasteiger partial charge in [0, 0.05) is 0 Å². The van der Waals surface area contributed by atoms with Crippen LogP contribution < -0.4 is 0 Å². The highest BCUT2D eigenvalue weighted by atomic mass is 16.4. The van der Waals surface area contributed by atoms with Crippen molar-refractivity contribution in [1.29, 1.82) is 0 Å². The first-order valence-electron chi connectivity index (χ1n) is 7.37. The zero-order valence-corrected chi connectivity index (χ0v) is 12.4. The van der Waals surface area contributed by atoms with Crippen molar-refractivity contribution in [2.45, 2.75) is 52.9 Å². The maximum atomic E-state index is 11.1. The summed E-state index contributed by atoms with van der Waals surface area (Å²) >= 11 is 0. The lowest BCUT2D eigenvalue weighted by molar-refractivity contribution is 0.0695. The van der Waals surface area contributed by atoms with Crippen LogP contribution in [0.15, 0.2) is 24.3 Å². The van der Waals surface area contributed by atoms with Crippen LogP contribution in [-0.2, 0) is 6.42 Å². The van der Waals surface area contributed by atoms with Gasteiger partial charge in [0.05, 0.1) is 5.56 Å². The van der Waals surface area contributed by atoms with Crippen LogP contribution in [0.25, 0.3) is 0 Å². The molecule has 1 rings (SSSR count). The summed E-state index contributed by atoms with van der Waals surface area (Å²) in [4.78, 5) is 11.1. The van der Waals surface area contributed by atoms with Crippen LogP contribution in [0.2, 0.25) is 0 Å². The number of benzene rings is 1. The predicted molar refractivity (Wildman–Crippen MR) is 79.6 cm³/mol. The molecule has 2 nitrogen and oxygen atoms in total. The number of carboxylic acid groups (broad SMARTS) is 1. The van der Waals surface area contributed by atoms with Gasteiger partial charge in [0.15, 0.2) is 0 Å². The first-order valence-corrected chi connectivity index (χ1v) is 7.37. The first-order chi connectivity index (χ1) is 9.06. The highest BCUT2D eigenvalue weighted by Gasteiger charge is 2.14. The minimum atomic E-state index is -0.817. The highest BCUT2D eigenvalue weighted by Crippen LogP contribution is 2.23. The monoisotopic (exact) mass is 262 g/mol. The van der Waals surface area contributed by atoms with Crippen LogP contribution in [0.1, 0.15) is 62.4 Å². The fourth-order valence-electron chi connectivity index (χ4n) is 2.43. The lowest BCUT2D eigenvalue weighted by atomic mass is 9.86. The van der Waals surface area contributed by atoms with Crippen LogP contribution >= 0.6 is 0 Å². The molecule has 0 saturated heterocycles. The second-order valence-electron chi connectivity index (χ2n) is 5.60. The van der Waals surface area contributed by atoms with Gasteiger partial charge in [0.1, 0.15) is 0 Å². The molecule has 0 aromatic heterocycles. The number of unbranched alkanes of at least 4 members (excludes halogenated alkanes) is 1. The predicted octanol–water partition coefficient (Wildman–Crippen LogP) is 4.78. The second kappa shape index (κ2) is 7.98. The van der Waals surface area contributed by atoms with E-state index in [1.165, 1.54) is 19.3 Å². The molecule has 0 saturated carbocycles. The van der Waals surface area contributed by atoms with E-state index in [2.05, 4.69) is 20.8 Å². The summed E-state index contributed by atoms with van der Waals surface area (Å²) < 4.78 is 0. The summed E-state index contributed by atoms with van der Waals surface area (Å²) in [6.45, 7) is 6.81. The fraction of sp³-hybridized carbons (Fsp3) is 0.588. The van der Waals surface area contributed by atoms with Gasteiger partial charge in [0.25, 0.3) is 0 Å². The maximum absolute atomic E-state index is 11.1. The average molecular weight is 262 g/mol. The Morgan fingerprint density at radius 2 is 1.79 bits per heavy atom. The Kier molecular flexibility index (Phi) is 6.61. The third kappa shape index (κ3) is 5.06. The summed E-state index contributed by atoms with van der Waals surface area (Å²) in [6.07, 6.45) is 5.74. The van der Waals surface area contributed by atoms with Crippen molar-refractivity contribution in [3.63, 3.8) is 0 Å². The number of hydrogen-bond donors (Lipinski definition) is 1. The Labute approximate surface area is 116 Å². The Bertz CT molecular complexity index is 398. The smallest absolute Gasteiger partial charge is 0.335 e. The van der Waals surface area contributed by atoms with Gasteiger partial charge in [-0.3, -0.25) is 0 Å². The van der Waals surface area contributed by atoms with E-state index in [0.717, 1.165) is 24.3 Å². The molecule has 1 aromatic carbocycles. The molecule has 0 aliphatic rings. The van der Waals surface area contributed by atoms with Crippen molar-refractivity contribution < 1.29 is 9.90 Å². The van der Waals surface area contributed by atoms with Crippen molar-refractivity contribution in [2.24, 2.45) is 11.8 Å². The van der Waals surface area contributed by atoms with E-state index in [-0.39, 0.29) is 0 Å². The number of hydrogen-bond acceptors (Lipinski definition) is 1. The molecule has 2 atom stereocenters. The third-order valence-corrected chi connectivity index (χ3v) is 4.10. The zero-order chi connectivity index (χ0) is 14.3. The van der Waals surface area contributed by atoms with Crippen LogP contribution in [0.3, 0.4) is 0 Å². The minimum absolute atomic E-state index is 0.455. The van der Waals surface area contributed by atoms with Crippen LogP contribution in [-0.4, -0.2) is 11.1 Å². The summed E-state index contributed by atoms with van der Waals surface area (Å²) in [6, 6.07) is 7.35. The van der Waals surface area contributed by atoms with Gasteiger partial charge in [-0.1, -0.05) is 58.2 Å². The van der Waals surface area contributed by atoms with Crippen molar-refractivity contribution in [3.8, 4) is 0 Å². The number of rotatable bonds is 8. The molecule has 0 aliphatic carbocycles. The van der Waals surface area contributed by atoms with Crippen molar-refractivity contribution in [1.82, 2.24) is 0 Å². The van der Waals surface area contributed by atoms with E-state index in [1.807, 2.05) is 12.1 Å². The Hall–Kier alpha value is -1.31. The number of carboxylic acids is 1. The number of aryl methyl sites for hydroxylation is 1. The van der Waals surface area contributed by atoms with E-state index in [9.17, 15) is 4.79 Å². The second-order valence-corrected chi connectivity index (χ2v) is 5.60. The van der Waals surface area contributed by atoms with Gasteiger partial charge in [-0.15, -0.1) is 0 Å². The van der Waals surface area contributed by atoms with E-state index in [4.69, 9.17) is 5.11 Å².